The van der Waals surface area contributed by atoms with Gasteiger partial charge in [0, 0.05) is 5.92 Å². The fraction of sp³-hybridized carbons (Fsp3) is 0.212. The van der Waals surface area contributed by atoms with Crippen molar-refractivity contribution in [2.24, 2.45) is 0 Å². The lowest BCUT2D eigenvalue weighted by atomic mass is 9.89. The number of hydrogen-bond donors (Lipinski definition) is 2. The predicted molar refractivity (Wildman–Crippen MR) is 147 cm³/mol. The van der Waals surface area contributed by atoms with Gasteiger partial charge in [-0.1, -0.05) is 77.4 Å². The molecule has 0 aliphatic heterocycles. The number of aromatic hydroxyl groups is 2. The Labute approximate surface area is 209 Å². The standard InChI is InChI=1S/C25H24O2.C8H10/c1-15-4-6-18(7-5-15)11-24-23(19-8-16(2)9-20(26)12-19)14-22-17(3)10-21(27)13-25(22)24;1-7-3-5-8(2)6-4-7/h4-13,23,26-27H,14H2,1-3H3;3-6H,1-2H3/b24-11+;. The van der Waals surface area contributed by atoms with Gasteiger partial charge in [0.15, 0.2) is 0 Å². The third kappa shape index (κ3) is 5.84. The van der Waals surface area contributed by atoms with Crippen LogP contribution >= 0.6 is 0 Å². The van der Waals surface area contributed by atoms with Crippen molar-refractivity contribution in [2.45, 2.75) is 47.0 Å². The maximum Gasteiger partial charge on any atom is 0.116 e. The zero-order chi connectivity index (χ0) is 25.1. The summed E-state index contributed by atoms with van der Waals surface area (Å²) in [6.45, 7) is 10.3. The molecule has 0 aromatic heterocycles. The van der Waals surface area contributed by atoms with E-state index in [1.807, 2.05) is 25.1 Å². The second-order valence-corrected chi connectivity index (χ2v) is 9.81. The third-order valence-electron chi connectivity index (χ3n) is 6.66. The molecule has 0 radical (unpaired) electrons. The van der Waals surface area contributed by atoms with Crippen molar-refractivity contribution in [1.82, 2.24) is 0 Å². The SMILES string of the molecule is Cc1ccc(/C=C2/c3cc(O)cc(C)c3CC2c2cc(C)cc(O)c2)cc1.Cc1ccc(C)cc1. The summed E-state index contributed by atoms with van der Waals surface area (Å²) in [7, 11) is 0. The van der Waals surface area contributed by atoms with E-state index in [1.54, 1.807) is 6.07 Å². The van der Waals surface area contributed by atoms with Crippen molar-refractivity contribution < 1.29 is 10.2 Å². The molecule has 5 rings (SSSR count). The number of allylic oxidation sites excluding steroid dienone is 1. The van der Waals surface area contributed by atoms with Crippen LogP contribution in [0.5, 0.6) is 11.5 Å². The fourth-order valence-electron chi connectivity index (χ4n) is 4.78. The van der Waals surface area contributed by atoms with Crippen LogP contribution in [0.4, 0.5) is 0 Å². The lowest BCUT2D eigenvalue weighted by molar-refractivity contribution is 0.473. The van der Waals surface area contributed by atoms with Crippen LogP contribution in [0.3, 0.4) is 0 Å². The van der Waals surface area contributed by atoms with Gasteiger partial charge in [-0.05, 0) is 104 Å². The number of benzene rings is 4. The minimum atomic E-state index is 0.160. The molecule has 0 heterocycles. The summed E-state index contributed by atoms with van der Waals surface area (Å²) < 4.78 is 0. The molecule has 2 N–H and O–H groups in total. The molecule has 1 aliphatic carbocycles. The van der Waals surface area contributed by atoms with Crippen LogP contribution in [0.15, 0.2) is 78.9 Å². The average Bonchev–Trinajstić information content (AvgIpc) is 3.16. The monoisotopic (exact) mass is 462 g/mol. The van der Waals surface area contributed by atoms with E-state index >= 15 is 0 Å². The Bertz CT molecular complexity index is 1320. The van der Waals surface area contributed by atoms with Gasteiger partial charge in [0.1, 0.15) is 11.5 Å². The van der Waals surface area contributed by atoms with E-state index in [1.165, 1.54) is 27.8 Å². The van der Waals surface area contributed by atoms with E-state index in [2.05, 4.69) is 88.4 Å². The molecule has 0 saturated heterocycles. The van der Waals surface area contributed by atoms with Gasteiger partial charge in [-0.15, -0.1) is 0 Å². The van der Waals surface area contributed by atoms with Gasteiger partial charge >= 0.3 is 0 Å². The number of phenolic OH excluding ortho intramolecular Hbond substituents is 2. The second kappa shape index (κ2) is 10.2. The van der Waals surface area contributed by atoms with Gasteiger partial charge in [-0.2, -0.15) is 0 Å². The molecule has 2 nitrogen and oxygen atoms in total. The zero-order valence-electron chi connectivity index (χ0n) is 21.3. The average molecular weight is 463 g/mol. The minimum absolute atomic E-state index is 0.160. The largest absolute Gasteiger partial charge is 0.508 e. The molecule has 0 bridgehead atoms. The van der Waals surface area contributed by atoms with Gasteiger partial charge in [0.25, 0.3) is 0 Å². The highest BCUT2D eigenvalue weighted by atomic mass is 16.3. The first-order valence-corrected chi connectivity index (χ1v) is 12.1. The number of rotatable bonds is 2. The van der Waals surface area contributed by atoms with Crippen molar-refractivity contribution in [3.63, 3.8) is 0 Å². The molecule has 35 heavy (non-hydrogen) atoms. The Hall–Kier alpha value is -3.78. The summed E-state index contributed by atoms with van der Waals surface area (Å²) in [4.78, 5) is 0. The zero-order valence-corrected chi connectivity index (χ0v) is 21.3. The third-order valence-corrected chi connectivity index (χ3v) is 6.66. The summed E-state index contributed by atoms with van der Waals surface area (Å²) in [5.41, 5.74) is 11.9. The molecule has 0 amide bonds. The van der Waals surface area contributed by atoms with Crippen LogP contribution in [0.25, 0.3) is 11.6 Å². The fourth-order valence-corrected chi connectivity index (χ4v) is 4.78. The highest BCUT2D eigenvalue weighted by Crippen LogP contribution is 2.47. The molecule has 4 aromatic carbocycles. The van der Waals surface area contributed by atoms with Crippen LogP contribution in [-0.2, 0) is 6.42 Å². The van der Waals surface area contributed by atoms with Crippen molar-refractivity contribution in [2.75, 3.05) is 0 Å². The molecule has 2 heteroatoms. The van der Waals surface area contributed by atoms with E-state index in [-0.39, 0.29) is 5.92 Å². The predicted octanol–water partition coefficient (Wildman–Crippen LogP) is 8.21. The molecular formula is C33H34O2. The summed E-state index contributed by atoms with van der Waals surface area (Å²) in [6, 6.07) is 26.5. The van der Waals surface area contributed by atoms with Crippen LogP contribution in [0, 0.1) is 34.6 Å². The van der Waals surface area contributed by atoms with E-state index < -0.39 is 0 Å². The highest BCUT2D eigenvalue weighted by molar-refractivity contribution is 5.90. The Balaban J connectivity index is 0.000000308. The topological polar surface area (TPSA) is 40.5 Å². The minimum Gasteiger partial charge on any atom is -0.508 e. The van der Waals surface area contributed by atoms with Gasteiger partial charge in [0.2, 0.25) is 0 Å². The maximum atomic E-state index is 10.2. The molecule has 1 aliphatic rings. The Kier molecular flexibility index (Phi) is 7.12. The lowest BCUT2D eigenvalue weighted by Crippen LogP contribution is -1.98. The lowest BCUT2D eigenvalue weighted by Gasteiger charge is -2.15. The van der Waals surface area contributed by atoms with Crippen LogP contribution in [0.1, 0.15) is 56.0 Å². The van der Waals surface area contributed by atoms with Crippen LogP contribution in [0.2, 0.25) is 0 Å². The number of phenols is 2. The first kappa shape index (κ1) is 24.3. The number of fused-ring (bicyclic) bond motifs is 1. The summed E-state index contributed by atoms with van der Waals surface area (Å²) >= 11 is 0. The van der Waals surface area contributed by atoms with E-state index in [9.17, 15) is 10.2 Å². The quantitative estimate of drug-likeness (QED) is 0.315. The van der Waals surface area contributed by atoms with E-state index in [0.29, 0.717) is 11.5 Å². The van der Waals surface area contributed by atoms with Gasteiger partial charge in [-0.3, -0.25) is 0 Å². The first-order valence-electron chi connectivity index (χ1n) is 12.1. The summed E-state index contributed by atoms with van der Waals surface area (Å²) in [5, 5.41) is 20.3. The molecule has 0 saturated carbocycles. The van der Waals surface area contributed by atoms with Crippen molar-refractivity contribution in [1.29, 1.82) is 0 Å². The molecule has 0 spiro atoms. The van der Waals surface area contributed by atoms with Gasteiger partial charge in [-0.25, -0.2) is 0 Å². The van der Waals surface area contributed by atoms with E-state index in [0.717, 1.165) is 34.2 Å². The molecule has 0 fully saturated rings. The van der Waals surface area contributed by atoms with Gasteiger partial charge < -0.3 is 10.2 Å². The van der Waals surface area contributed by atoms with Gasteiger partial charge in [0.05, 0.1) is 0 Å². The first-order chi connectivity index (χ1) is 16.7. The smallest absolute Gasteiger partial charge is 0.116 e. The molecule has 1 unspecified atom stereocenters. The Morgan fingerprint density at radius 3 is 1.74 bits per heavy atom. The van der Waals surface area contributed by atoms with Crippen molar-refractivity contribution in [3.8, 4) is 11.5 Å². The van der Waals surface area contributed by atoms with Crippen molar-refractivity contribution in [3.05, 3.63) is 129 Å². The summed E-state index contributed by atoms with van der Waals surface area (Å²) in [6.07, 6.45) is 3.09. The molecular weight excluding hydrogens is 428 g/mol. The molecule has 4 aromatic rings. The van der Waals surface area contributed by atoms with E-state index in [4.69, 9.17) is 0 Å². The Morgan fingerprint density at radius 2 is 1.17 bits per heavy atom. The Morgan fingerprint density at radius 1 is 0.629 bits per heavy atom. The normalized spacial score (nSPS) is 15.5. The molecule has 1 atom stereocenters. The number of hydrogen-bond acceptors (Lipinski definition) is 2. The molecule has 178 valence electrons. The summed E-state index contributed by atoms with van der Waals surface area (Å²) in [5.74, 6) is 0.761. The van der Waals surface area contributed by atoms with Crippen LogP contribution < -0.4 is 0 Å². The second-order valence-electron chi connectivity index (χ2n) is 9.81. The highest BCUT2D eigenvalue weighted by Gasteiger charge is 2.30. The maximum absolute atomic E-state index is 10.2. The van der Waals surface area contributed by atoms with Crippen LogP contribution in [-0.4, -0.2) is 10.2 Å². The van der Waals surface area contributed by atoms with Crippen molar-refractivity contribution >= 4 is 11.6 Å². The number of aryl methyl sites for hydroxylation is 5.